The maximum Gasteiger partial charge on any atom is 0.310 e. The Morgan fingerprint density at radius 1 is 1.00 bits per heavy atom. The number of anilines is 1. The van der Waals surface area contributed by atoms with Crippen LogP contribution in [0.5, 0.6) is 11.5 Å². The fraction of sp³-hybridized carbons (Fsp3) is 0.261. The van der Waals surface area contributed by atoms with E-state index in [1.807, 2.05) is 44.2 Å². The van der Waals surface area contributed by atoms with Crippen LogP contribution < -0.4 is 14.8 Å². The van der Waals surface area contributed by atoms with Crippen molar-refractivity contribution in [3.8, 4) is 17.2 Å². The first-order valence-corrected chi connectivity index (χ1v) is 9.71. The molecule has 0 aliphatic rings. The van der Waals surface area contributed by atoms with Crippen LogP contribution in [0.25, 0.3) is 5.69 Å². The molecule has 2 aromatic carbocycles. The van der Waals surface area contributed by atoms with Gasteiger partial charge in [0.2, 0.25) is 0 Å². The molecule has 0 radical (unpaired) electrons. The second-order valence-corrected chi connectivity index (χ2v) is 6.85. The molecule has 8 nitrogen and oxygen atoms in total. The van der Waals surface area contributed by atoms with Gasteiger partial charge in [0.15, 0.2) is 18.1 Å². The minimum Gasteiger partial charge on any atom is -0.493 e. The number of nitrogens with one attached hydrogen (secondary N) is 1. The van der Waals surface area contributed by atoms with Crippen molar-refractivity contribution in [1.82, 2.24) is 9.78 Å². The molecule has 3 aromatic rings. The normalized spacial score (nSPS) is 10.5. The van der Waals surface area contributed by atoms with Crippen molar-refractivity contribution in [2.75, 3.05) is 26.1 Å². The Hall–Kier alpha value is -3.81. The molecule has 1 N–H and O–H groups in total. The van der Waals surface area contributed by atoms with E-state index in [4.69, 9.17) is 14.2 Å². The SMILES string of the molecule is COc1ccc(NC(=O)COC(=O)Cc2c(C)nn(-c3ccccc3)c2C)cc1OC. The number of aryl methyl sites for hydroxylation is 1. The first-order chi connectivity index (χ1) is 14.9. The number of rotatable bonds is 8. The number of carbonyl (C=O) groups excluding carboxylic acids is 2. The number of methoxy groups -OCH3 is 2. The molecule has 1 aromatic heterocycles. The number of para-hydroxylation sites is 1. The van der Waals surface area contributed by atoms with Crippen LogP contribution in [0, 0.1) is 13.8 Å². The number of hydrogen-bond donors (Lipinski definition) is 1. The van der Waals surface area contributed by atoms with Crippen LogP contribution in [0.4, 0.5) is 5.69 Å². The molecule has 0 aliphatic carbocycles. The third-order valence-corrected chi connectivity index (χ3v) is 4.79. The Bertz CT molecular complexity index is 1080. The van der Waals surface area contributed by atoms with E-state index >= 15 is 0 Å². The van der Waals surface area contributed by atoms with Crippen LogP contribution in [-0.2, 0) is 20.7 Å². The number of ether oxygens (including phenoxy) is 3. The van der Waals surface area contributed by atoms with Crippen molar-refractivity contribution in [2.24, 2.45) is 0 Å². The molecule has 0 aliphatic heterocycles. The first kappa shape index (κ1) is 21.9. The van der Waals surface area contributed by atoms with Crippen LogP contribution in [0.3, 0.4) is 0 Å². The Kier molecular flexibility index (Phi) is 6.92. The summed E-state index contributed by atoms with van der Waals surface area (Å²) >= 11 is 0. The molecule has 3 rings (SSSR count). The van der Waals surface area contributed by atoms with Crippen LogP contribution in [0.1, 0.15) is 17.0 Å². The molecule has 0 atom stereocenters. The predicted octanol–water partition coefficient (Wildman–Crippen LogP) is 3.23. The molecule has 0 spiro atoms. The highest BCUT2D eigenvalue weighted by Gasteiger charge is 2.17. The highest BCUT2D eigenvalue weighted by Crippen LogP contribution is 2.29. The summed E-state index contributed by atoms with van der Waals surface area (Å²) in [5, 5.41) is 7.19. The Balaban J connectivity index is 1.58. The number of amides is 1. The van der Waals surface area contributed by atoms with Gasteiger partial charge in [0.05, 0.1) is 32.0 Å². The van der Waals surface area contributed by atoms with Gasteiger partial charge in [0.25, 0.3) is 5.91 Å². The average Bonchev–Trinajstić information content (AvgIpc) is 3.06. The van der Waals surface area contributed by atoms with Crippen molar-refractivity contribution in [1.29, 1.82) is 0 Å². The van der Waals surface area contributed by atoms with Gasteiger partial charge in [0, 0.05) is 23.0 Å². The van der Waals surface area contributed by atoms with Gasteiger partial charge in [-0.2, -0.15) is 5.10 Å². The lowest BCUT2D eigenvalue weighted by Gasteiger charge is -2.11. The average molecular weight is 423 g/mol. The monoisotopic (exact) mass is 423 g/mol. The van der Waals surface area contributed by atoms with E-state index in [2.05, 4.69) is 10.4 Å². The number of hydrogen-bond acceptors (Lipinski definition) is 6. The molecule has 0 saturated carbocycles. The number of aromatic nitrogens is 2. The van der Waals surface area contributed by atoms with Crippen molar-refractivity contribution in [3.63, 3.8) is 0 Å². The molecule has 0 fully saturated rings. The van der Waals surface area contributed by atoms with Crippen molar-refractivity contribution < 1.29 is 23.8 Å². The zero-order valence-corrected chi connectivity index (χ0v) is 18.0. The summed E-state index contributed by atoms with van der Waals surface area (Å²) < 4.78 is 17.3. The van der Waals surface area contributed by atoms with E-state index in [9.17, 15) is 9.59 Å². The summed E-state index contributed by atoms with van der Waals surface area (Å²) in [4.78, 5) is 24.5. The van der Waals surface area contributed by atoms with Gasteiger partial charge in [-0.1, -0.05) is 18.2 Å². The lowest BCUT2D eigenvalue weighted by atomic mass is 10.1. The molecule has 0 unspecified atom stereocenters. The second kappa shape index (κ2) is 9.80. The first-order valence-electron chi connectivity index (χ1n) is 9.71. The molecule has 0 saturated heterocycles. The summed E-state index contributed by atoms with van der Waals surface area (Å²) in [6.45, 7) is 3.36. The van der Waals surface area contributed by atoms with Gasteiger partial charge in [-0.25, -0.2) is 4.68 Å². The molecule has 8 heteroatoms. The molecule has 31 heavy (non-hydrogen) atoms. The second-order valence-electron chi connectivity index (χ2n) is 6.85. The summed E-state index contributed by atoms with van der Waals surface area (Å²) in [5.74, 6) is 0.0858. The van der Waals surface area contributed by atoms with E-state index in [1.165, 1.54) is 14.2 Å². The van der Waals surface area contributed by atoms with E-state index < -0.39 is 18.5 Å². The van der Waals surface area contributed by atoms with Gasteiger partial charge in [-0.05, 0) is 38.1 Å². The zero-order valence-electron chi connectivity index (χ0n) is 18.0. The number of carbonyl (C=O) groups is 2. The number of nitrogens with zero attached hydrogens (tertiary/aromatic N) is 2. The largest absolute Gasteiger partial charge is 0.493 e. The quantitative estimate of drug-likeness (QED) is 0.560. The van der Waals surface area contributed by atoms with E-state index in [-0.39, 0.29) is 6.42 Å². The lowest BCUT2D eigenvalue weighted by molar-refractivity contribution is -0.146. The Morgan fingerprint density at radius 2 is 1.71 bits per heavy atom. The number of benzene rings is 2. The Morgan fingerprint density at radius 3 is 2.39 bits per heavy atom. The van der Waals surface area contributed by atoms with E-state index in [0.29, 0.717) is 17.2 Å². The standard InChI is InChI=1S/C23H25N3O5/c1-15-19(16(2)26(25-15)18-8-6-5-7-9-18)13-23(28)31-14-22(27)24-17-10-11-20(29-3)21(12-17)30-4/h5-12H,13-14H2,1-4H3,(H,24,27). The maximum atomic E-state index is 12.3. The van der Waals surface area contributed by atoms with Crippen molar-refractivity contribution in [3.05, 3.63) is 65.5 Å². The minimum atomic E-state index is -0.499. The van der Waals surface area contributed by atoms with Crippen LogP contribution in [0.15, 0.2) is 48.5 Å². The van der Waals surface area contributed by atoms with E-state index in [1.54, 1.807) is 22.9 Å². The van der Waals surface area contributed by atoms with Crippen molar-refractivity contribution in [2.45, 2.75) is 20.3 Å². The molecule has 1 amide bonds. The van der Waals surface area contributed by atoms with Gasteiger partial charge < -0.3 is 19.5 Å². The topological polar surface area (TPSA) is 91.7 Å². The number of esters is 1. The molecule has 162 valence electrons. The van der Waals surface area contributed by atoms with Crippen LogP contribution in [0.2, 0.25) is 0 Å². The summed E-state index contributed by atoms with van der Waals surface area (Å²) in [6.07, 6.45) is 0.0359. The Labute approximate surface area is 180 Å². The fourth-order valence-corrected chi connectivity index (χ4v) is 3.20. The van der Waals surface area contributed by atoms with Gasteiger partial charge in [0.1, 0.15) is 0 Å². The fourth-order valence-electron chi connectivity index (χ4n) is 3.20. The van der Waals surface area contributed by atoms with Crippen LogP contribution in [-0.4, -0.2) is 42.5 Å². The molecule has 0 bridgehead atoms. The third-order valence-electron chi connectivity index (χ3n) is 4.79. The highest BCUT2D eigenvalue weighted by molar-refractivity contribution is 5.93. The third kappa shape index (κ3) is 5.22. The van der Waals surface area contributed by atoms with Crippen molar-refractivity contribution >= 4 is 17.6 Å². The summed E-state index contributed by atoms with van der Waals surface area (Å²) in [7, 11) is 3.04. The predicted molar refractivity (Wildman–Crippen MR) is 116 cm³/mol. The molecular weight excluding hydrogens is 398 g/mol. The van der Waals surface area contributed by atoms with E-state index in [0.717, 1.165) is 22.6 Å². The summed E-state index contributed by atoms with van der Waals surface area (Å²) in [6, 6.07) is 14.7. The molecule has 1 heterocycles. The van der Waals surface area contributed by atoms with Crippen LogP contribution >= 0.6 is 0 Å². The maximum absolute atomic E-state index is 12.3. The highest BCUT2D eigenvalue weighted by atomic mass is 16.5. The summed E-state index contributed by atoms with van der Waals surface area (Å²) in [5.41, 5.74) is 3.81. The minimum absolute atomic E-state index is 0.0359. The van der Waals surface area contributed by atoms with Gasteiger partial charge in [-0.15, -0.1) is 0 Å². The van der Waals surface area contributed by atoms with Gasteiger partial charge in [-0.3, -0.25) is 9.59 Å². The molecular formula is C23H25N3O5. The lowest BCUT2D eigenvalue weighted by Crippen LogP contribution is -2.22. The van der Waals surface area contributed by atoms with Gasteiger partial charge >= 0.3 is 5.97 Å². The smallest absolute Gasteiger partial charge is 0.310 e. The zero-order chi connectivity index (χ0) is 22.4.